The lowest BCUT2D eigenvalue weighted by molar-refractivity contribution is 0.0694. The van der Waals surface area contributed by atoms with E-state index in [1.165, 1.54) is 12.1 Å². The van der Waals surface area contributed by atoms with E-state index in [4.69, 9.17) is 23.5 Å². The number of anilines is 1. The summed E-state index contributed by atoms with van der Waals surface area (Å²) in [7, 11) is 0. The van der Waals surface area contributed by atoms with Crippen LogP contribution in [0.1, 0.15) is 10.4 Å². The molecule has 11 heavy (non-hydrogen) atoms. The summed E-state index contributed by atoms with van der Waals surface area (Å²) in [5, 5.41) is 8.60. The van der Waals surface area contributed by atoms with Crippen molar-refractivity contribution in [3.8, 4) is 0 Å². The molecule has 0 heterocycles. The highest BCUT2D eigenvalue weighted by atomic mass is 32.1. The average molecular weight is 168 g/mol. The first-order chi connectivity index (χ1) is 5.13. The Morgan fingerprint density at radius 1 is 1.55 bits per heavy atom. The molecule has 57 valence electrons. The minimum Gasteiger partial charge on any atom is -0.478 e. The molecule has 1 aromatic rings. The van der Waals surface area contributed by atoms with Crippen molar-refractivity contribution < 1.29 is 9.90 Å². The Kier molecular flexibility index (Phi) is 1.96. The summed E-state index contributed by atoms with van der Waals surface area (Å²) >= 11 is 4.75. The van der Waals surface area contributed by atoms with Gasteiger partial charge in [0, 0.05) is 5.69 Å². The van der Waals surface area contributed by atoms with E-state index in [1.54, 1.807) is 6.07 Å². The van der Waals surface area contributed by atoms with E-state index in [0.29, 0.717) is 0 Å². The molecule has 1 aromatic carbocycles. The van der Waals surface area contributed by atoms with Gasteiger partial charge in [-0.2, -0.15) is 0 Å². The molecule has 0 aliphatic heterocycles. The zero-order valence-corrected chi connectivity index (χ0v) is 6.39. The van der Waals surface area contributed by atoms with Crippen LogP contribution in [0.5, 0.6) is 0 Å². The highest BCUT2D eigenvalue weighted by molar-refractivity contribution is 7.80. The van der Waals surface area contributed by atoms with Gasteiger partial charge in [0.15, 0.2) is 0 Å². The molecule has 0 amide bonds. The Bertz CT molecular complexity index is 278. The molecule has 3 N–H and O–H groups in total. The fourth-order valence-electron chi connectivity index (χ4n) is 0.777. The summed E-state index contributed by atoms with van der Waals surface area (Å²) in [5.41, 5.74) is 5.60. The zero-order chi connectivity index (χ0) is 8.43. The normalized spacial score (nSPS) is 9.45. The molecule has 0 bridgehead atoms. The molecular formula is C7H6NO2S. The molecule has 0 fully saturated rings. The van der Waals surface area contributed by atoms with Crippen LogP contribution >= 0.6 is 12.6 Å². The van der Waals surface area contributed by atoms with Crippen LogP contribution in [0.4, 0.5) is 5.69 Å². The van der Waals surface area contributed by atoms with Crippen LogP contribution in [0.2, 0.25) is 0 Å². The SMILES string of the molecule is Nc1cccc([S])c1C(=O)O. The Balaban J connectivity index is 3.32. The van der Waals surface area contributed by atoms with Crippen molar-refractivity contribution in [3.05, 3.63) is 23.8 Å². The molecule has 0 aliphatic carbocycles. The monoisotopic (exact) mass is 168 g/mol. The van der Waals surface area contributed by atoms with Crippen LogP contribution in [0.25, 0.3) is 0 Å². The molecular weight excluding hydrogens is 162 g/mol. The fourth-order valence-corrected chi connectivity index (χ4v) is 1.06. The van der Waals surface area contributed by atoms with Gasteiger partial charge in [0.2, 0.25) is 0 Å². The number of aromatic carboxylic acids is 1. The van der Waals surface area contributed by atoms with Crippen LogP contribution in [0.15, 0.2) is 23.1 Å². The summed E-state index contributed by atoms with van der Waals surface area (Å²) in [6.07, 6.45) is 0. The van der Waals surface area contributed by atoms with Gasteiger partial charge in [-0.3, -0.25) is 0 Å². The van der Waals surface area contributed by atoms with Crippen molar-refractivity contribution in [1.29, 1.82) is 0 Å². The summed E-state index contributed by atoms with van der Waals surface area (Å²) in [6.45, 7) is 0. The molecule has 1 rings (SSSR count). The van der Waals surface area contributed by atoms with E-state index in [2.05, 4.69) is 0 Å². The number of hydrogen-bond donors (Lipinski definition) is 2. The number of nitrogen functional groups attached to an aromatic ring is 1. The van der Waals surface area contributed by atoms with Crippen molar-refractivity contribution in [1.82, 2.24) is 0 Å². The van der Waals surface area contributed by atoms with Crippen LogP contribution in [0.3, 0.4) is 0 Å². The maximum atomic E-state index is 10.5. The number of hydrogen-bond acceptors (Lipinski definition) is 2. The highest BCUT2D eigenvalue weighted by Crippen LogP contribution is 2.19. The van der Waals surface area contributed by atoms with Crippen molar-refractivity contribution in [2.24, 2.45) is 0 Å². The largest absolute Gasteiger partial charge is 0.478 e. The maximum Gasteiger partial charge on any atom is 0.339 e. The van der Waals surface area contributed by atoms with Crippen molar-refractivity contribution >= 4 is 24.3 Å². The standard InChI is InChI=1S/C7H6NO2S/c8-4-2-1-3-5(11)6(4)7(9)10/h1-3H,8H2,(H,9,10). The number of carboxylic acids is 1. The van der Waals surface area contributed by atoms with E-state index in [9.17, 15) is 4.79 Å². The van der Waals surface area contributed by atoms with Gasteiger partial charge in [0.05, 0.1) is 4.90 Å². The lowest BCUT2D eigenvalue weighted by Gasteiger charge is -2.00. The quantitative estimate of drug-likeness (QED) is 0.625. The Morgan fingerprint density at radius 2 is 2.18 bits per heavy atom. The predicted octanol–water partition coefficient (Wildman–Crippen LogP) is 1.52. The molecule has 0 unspecified atom stereocenters. The van der Waals surface area contributed by atoms with Crippen molar-refractivity contribution in [3.63, 3.8) is 0 Å². The third-order valence-corrected chi connectivity index (χ3v) is 1.61. The van der Waals surface area contributed by atoms with Crippen molar-refractivity contribution in [2.75, 3.05) is 5.73 Å². The second-order valence-electron chi connectivity index (χ2n) is 2.03. The first-order valence-corrected chi connectivity index (χ1v) is 3.32. The van der Waals surface area contributed by atoms with Crippen LogP contribution in [-0.2, 0) is 0 Å². The van der Waals surface area contributed by atoms with Crippen LogP contribution in [-0.4, -0.2) is 11.1 Å². The van der Waals surface area contributed by atoms with Crippen LogP contribution in [0, 0.1) is 0 Å². The van der Waals surface area contributed by atoms with Gasteiger partial charge in [-0.1, -0.05) is 18.7 Å². The van der Waals surface area contributed by atoms with Gasteiger partial charge in [0.1, 0.15) is 5.56 Å². The number of benzene rings is 1. The average Bonchev–Trinajstić information content (AvgIpc) is 1.85. The zero-order valence-electron chi connectivity index (χ0n) is 5.57. The summed E-state index contributed by atoms with van der Waals surface area (Å²) in [6, 6.07) is 4.68. The third-order valence-electron chi connectivity index (χ3n) is 1.27. The van der Waals surface area contributed by atoms with Gasteiger partial charge in [0.25, 0.3) is 0 Å². The maximum absolute atomic E-state index is 10.5. The van der Waals surface area contributed by atoms with Gasteiger partial charge >= 0.3 is 5.97 Å². The first kappa shape index (κ1) is 7.81. The predicted molar refractivity (Wildman–Crippen MR) is 43.7 cm³/mol. The van der Waals surface area contributed by atoms with E-state index in [0.717, 1.165) is 0 Å². The first-order valence-electron chi connectivity index (χ1n) is 2.91. The summed E-state index contributed by atoms with van der Waals surface area (Å²) in [5.74, 6) is -1.08. The number of nitrogens with two attached hydrogens (primary N) is 1. The van der Waals surface area contributed by atoms with E-state index in [-0.39, 0.29) is 16.1 Å². The minimum absolute atomic E-state index is 0.0162. The molecule has 0 saturated carbocycles. The Hall–Kier alpha value is -1.29. The smallest absolute Gasteiger partial charge is 0.339 e. The fraction of sp³-hybridized carbons (Fsp3) is 0. The molecule has 0 saturated heterocycles. The highest BCUT2D eigenvalue weighted by Gasteiger charge is 2.10. The minimum atomic E-state index is -1.08. The summed E-state index contributed by atoms with van der Waals surface area (Å²) in [4.78, 5) is 10.8. The van der Waals surface area contributed by atoms with Crippen molar-refractivity contribution in [2.45, 2.75) is 4.90 Å². The molecule has 0 atom stereocenters. The molecule has 0 aromatic heterocycles. The van der Waals surface area contributed by atoms with Gasteiger partial charge in [-0.25, -0.2) is 4.79 Å². The Morgan fingerprint density at radius 3 is 2.55 bits per heavy atom. The molecule has 3 nitrogen and oxygen atoms in total. The topological polar surface area (TPSA) is 63.3 Å². The van der Waals surface area contributed by atoms with Gasteiger partial charge in [-0.15, -0.1) is 0 Å². The third kappa shape index (κ3) is 1.40. The van der Waals surface area contributed by atoms with Crippen LogP contribution < -0.4 is 5.73 Å². The van der Waals surface area contributed by atoms with Gasteiger partial charge in [-0.05, 0) is 12.1 Å². The lowest BCUT2D eigenvalue weighted by Crippen LogP contribution is -2.02. The molecule has 1 radical (unpaired) electrons. The second kappa shape index (κ2) is 2.75. The molecule has 0 spiro atoms. The number of carboxylic acid groups (broad SMARTS) is 1. The van der Waals surface area contributed by atoms with Gasteiger partial charge < -0.3 is 10.8 Å². The number of rotatable bonds is 1. The Labute approximate surface area is 69.2 Å². The molecule has 4 heteroatoms. The molecule has 0 aliphatic rings. The van der Waals surface area contributed by atoms with E-state index >= 15 is 0 Å². The van der Waals surface area contributed by atoms with E-state index < -0.39 is 5.97 Å². The lowest BCUT2D eigenvalue weighted by atomic mass is 10.2. The van der Waals surface area contributed by atoms with E-state index in [1.807, 2.05) is 0 Å². The number of carbonyl (C=O) groups is 1. The second-order valence-corrected chi connectivity index (χ2v) is 2.47. The summed E-state index contributed by atoms with van der Waals surface area (Å²) < 4.78 is 0.